The van der Waals surface area contributed by atoms with E-state index in [2.05, 4.69) is 16.0 Å². The van der Waals surface area contributed by atoms with Gasteiger partial charge >= 0.3 is 0 Å². The van der Waals surface area contributed by atoms with E-state index in [4.69, 9.17) is 6.42 Å². The minimum atomic E-state index is -0.464. The Bertz CT molecular complexity index is 1110. The normalized spacial score (nSPS) is 11.8. The topological polar surface area (TPSA) is 95.3 Å². The molecular formula is C17H15N5O3S. The molecule has 9 heteroatoms. The summed E-state index contributed by atoms with van der Waals surface area (Å²) < 4.78 is 3.92. The van der Waals surface area contributed by atoms with Crippen molar-refractivity contribution in [2.75, 3.05) is 0 Å². The van der Waals surface area contributed by atoms with Crippen molar-refractivity contribution in [3.63, 3.8) is 0 Å². The summed E-state index contributed by atoms with van der Waals surface area (Å²) in [5.41, 5.74) is 1.04. The molecule has 1 amide bonds. The SMILES string of the molecule is C#CCn1c(=NC(=O)c2ccnn2C(C)C)sc2cc([N+](=O)[O-])ccc21. The van der Waals surface area contributed by atoms with E-state index in [1.807, 2.05) is 13.8 Å². The monoisotopic (exact) mass is 369 g/mol. The van der Waals surface area contributed by atoms with Gasteiger partial charge in [-0.05, 0) is 26.0 Å². The lowest BCUT2D eigenvalue weighted by atomic mass is 10.3. The molecule has 0 saturated heterocycles. The molecule has 2 aromatic heterocycles. The summed E-state index contributed by atoms with van der Waals surface area (Å²) in [6.07, 6.45) is 6.98. The second kappa shape index (κ2) is 6.93. The average Bonchev–Trinajstić information content (AvgIpc) is 3.20. The number of benzene rings is 1. The lowest BCUT2D eigenvalue weighted by Crippen LogP contribution is -2.18. The van der Waals surface area contributed by atoms with Crippen LogP contribution >= 0.6 is 11.3 Å². The van der Waals surface area contributed by atoms with Crippen LogP contribution in [0, 0.1) is 22.5 Å². The molecule has 3 aromatic rings. The van der Waals surface area contributed by atoms with E-state index >= 15 is 0 Å². The van der Waals surface area contributed by atoms with Gasteiger partial charge in [0.25, 0.3) is 11.6 Å². The highest BCUT2D eigenvalue weighted by atomic mass is 32.1. The predicted molar refractivity (Wildman–Crippen MR) is 97.8 cm³/mol. The maximum Gasteiger partial charge on any atom is 0.297 e. The lowest BCUT2D eigenvalue weighted by molar-refractivity contribution is -0.384. The summed E-state index contributed by atoms with van der Waals surface area (Å²) in [5.74, 6) is 2.08. The summed E-state index contributed by atoms with van der Waals surface area (Å²) in [6, 6.07) is 6.09. The molecule has 8 nitrogen and oxygen atoms in total. The zero-order chi connectivity index (χ0) is 18.8. The van der Waals surface area contributed by atoms with E-state index in [1.165, 1.54) is 23.5 Å². The van der Waals surface area contributed by atoms with Crippen LogP contribution < -0.4 is 4.80 Å². The van der Waals surface area contributed by atoms with Crippen LogP contribution in [0.1, 0.15) is 30.4 Å². The maximum absolute atomic E-state index is 12.6. The Morgan fingerprint density at radius 1 is 1.46 bits per heavy atom. The van der Waals surface area contributed by atoms with Gasteiger partial charge < -0.3 is 4.57 Å². The Balaban J connectivity index is 2.16. The van der Waals surface area contributed by atoms with Crippen LogP contribution in [0.15, 0.2) is 35.5 Å². The van der Waals surface area contributed by atoms with E-state index in [-0.39, 0.29) is 18.3 Å². The van der Waals surface area contributed by atoms with Crippen molar-refractivity contribution < 1.29 is 9.72 Å². The van der Waals surface area contributed by atoms with Crippen LogP contribution in [0.25, 0.3) is 10.2 Å². The number of carbonyl (C=O) groups is 1. The first-order valence-corrected chi connectivity index (χ1v) is 8.58. The largest absolute Gasteiger partial charge is 0.305 e. The highest BCUT2D eigenvalue weighted by Gasteiger charge is 2.16. The maximum atomic E-state index is 12.6. The van der Waals surface area contributed by atoms with Crippen molar-refractivity contribution in [1.29, 1.82) is 0 Å². The first-order valence-electron chi connectivity index (χ1n) is 7.76. The molecule has 2 heterocycles. The standard InChI is InChI=1S/C17H15N5O3S/c1-4-9-20-13-6-5-12(22(24)25)10-15(13)26-17(20)19-16(23)14-7-8-18-21(14)11(2)3/h1,5-8,10-11H,9H2,2-3H3. The number of nitrogens with zero attached hydrogens (tertiary/aromatic N) is 5. The van der Waals surface area contributed by atoms with Crippen molar-refractivity contribution in [3.05, 3.63) is 51.1 Å². The predicted octanol–water partition coefficient (Wildman–Crippen LogP) is 2.76. The van der Waals surface area contributed by atoms with Crippen molar-refractivity contribution in [2.45, 2.75) is 26.4 Å². The summed E-state index contributed by atoms with van der Waals surface area (Å²) >= 11 is 1.18. The van der Waals surface area contributed by atoms with Crippen LogP contribution in [0.4, 0.5) is 5.69 Å². The zero-order valence-electron chi connectivity index (χ0n) is 14.1. The molecule has 0 atom stereocenters. The van der Waals surface area contributed by atoms with Gasteiger partial charge in [-0.1, -0.05) is 17.3 Å². The van der Waals surface area contributed by atoms with E-state index < -0.39 is 10.8 Å². The smallest absolute Gasteiger partial charge is 0.297 e. The average molecular weight is 369 g/mol. The van der Waals surface area contributed by atoms with Crippen molar-refractivity contribution in [3.8, 4) is 12.3 Å². The number of hydrogen-bond acceptors (Lipinski definition) is 5. The highest BCUT2D eigenvalue weighted by Crippen LogP contribution is 2.23. The van der Waals surface area contributed by atoms with Gasteiger partial charge in [0.2, 0.25) is 0 Å². The number of terminal acetylenes is 1. The molecule has 0 radical (unpaired) electrons. The van der Waals surface area contributed by atoms with Gasteiger partial charge in [-0.25, -0.2) is 0 Å². The molecular weight excluding hydrogens is 354 g/mol. The molecule has 3 rings (SSSR count). The van der Waals surface area contributed by atoms with E-state index in [0.717, 1.165) is 0 Å². The van der Waals surface area contributed by atoms with Crippen molar-refractivity contribution >= 4 is 33.1 Å². The van der Waals surface area contributed by atoms with E-state index in [9.17, 15) is 14.9 Å². The number of nitro groups is 1. The minimum absolute atomic E-state index is 0.0158. The van der Waals surface area contributed by atoms with E-state index in [0.29, 0.717) is 20.7 Å². The number of carbonyl (C=O) groups excluding carboxylic acids is 1. The molecule has 0 N–H and O–H groups in total. The fourth-order valence-corrected chi connectivity index (χ4v) is 3.60. The molecule has 1 aromatic carbocycles. The second-order valence-corrected chi connectivity index (χ2v) is 6.76. The molecule has 0 saturated carbocycles. The van der Waals surface area contributed by atoms with Crippen LogP contribution in [0.2, 0.25) is 0 Å². The Hall–Kier alpha value is -3.25. The molecule has 0 fully saturated rings. The third-order valence-electron chi connectivity index (χ3n) is 3.70. The van der Waals surface area contributed by atoms with Gasteiger partial charge in [-0.2, -0.15) is 10.1 Å². The minimum Gasteiger partial charge on any atom is -0.305 e. The van der Waals surface area contributed by atoms with Gasteiger partial charge in [0, 0.05) is 24.4 Å². The molecule has 0 aliphatic rings. The number of non-ortho nitro benzene ring substituents is 1. The van der Waals surface area contributed by atoms with Gasteiger partial charge in [-0.3, -0.25) is 19.6 Å². The summed E-state index contributed by atoms with van der Waals surface area (Å²) in [5, 5.41) is 15.1. The zero-order valence-corrected chi connectivity index (χ0v) is 14.9. The van der Waals surface area contributed by atoms with Crippen LogP contribution in [0.5, 0.6) is 0 Å². The fraction of sp³-hybridized carbons (Fsp3) is 0.235. The first kappa shape index (κ1) is 17.6. The van der Waals surface area contributed by atoms with Crippen LogP contribution in [0.3, 0.4) is 0 Å². The number of hydrogen-bond donors (Lipinski definition) is 0. The molecule has 0 aliphatic carbocycles. The van der Waals surface area contributed by atoms with Crippen LogP contribution in [-0.2, 0) is 6.54 Å². The third kappa shape index (κ3) is 3.14. The Morgan fingerprint density at radius 2 is 2.23 bits per heavy atom. The first-order chi connectivity index (χ1) is 12.4. The molecule has 0 bridgehead atoms. The quantitative estimate of drug-likeness (QED) is 0.401. The molecule has 0 aliphatic heterocycles. The van der Waals surface area contributed by atoms with Gasteiger partial charge in [0.1, 0.15) is 5.69 Å². The molecule has 0 unspecified atom stereocenters. The third-order valence-corrected chi connectivity index (χ3v) is 4.74. The Morgan fingerprint density at radius 3 is 2.88 bits per heavy atom. The molecule has 132 valence electrons. The van der Waals surface area contributed by atoms with Gasteiger partial charge in [0.15, 0.2) is 4.80 Å². The second-order valence-electron chi connectivity index (χ2n) is 5.76. The van der Waals surface area contributed by atoms with Gasteiger partial charge in [-0.15, -0.1) is 6.42 Å². The number of aromatic nitrogens is 3. The van der Waals surface area contributed by atoms with Crippen molar-refractivity contribution in [2.24, 2.45) is 4.99 Å². The fourth-order valence-electron chi connectivity index (χ4n) is 2.54. The summed E-state index contributed by atoms with van der Waals surface area (Å²) in [4.78, 5) is 27.7. The summed E-state index contributed by atoms with van der Waals surface area (Å²) in [7, 11) is 0. The lowest BCUT2D eigenvalue weighted by Gasteiger charge is -2.07. The number of nitro benzene ring substituents is 1. The van der Waals surface area contributed by atoms with Gasteiger partial charge in [0.05, 0.1) is 21.7 Å². The number of fused-ring (bicyclic) bond motifs is 1. The Labute approximate surface area is 152 Å². The highest BCUT2D eigenvalue weighted by molar-refractivity contribution is 7.16. The Kier molecular flexibility index (Phi) is 4.69. The summed E-state index contributed by atoms with van der Waals surface area (Å²) in [6.45, 7) is 4.04. The molecule has 26 heavy (non-hydrogen) atoms. The van der Waals surface area contributed by atoms with Crippen LogP contribution in [-0.4, -0.2) is 25.2 Å². The molecule has 0 spiro atoms. The van der Waals surface area contributed by atoms with Crippen molar-refractivity contribution in [1.82, 2.24) is 14.3 Å². The van der Waals surface area contributed by atoms with E-state index in [1.54, 1.807) is 27.6 Å². The number of thiazole rings is 1. The number of amides is 1. The number of rotatable bonds is 4.